The van der Waals surface area contributed by atoms with Crippen molar-refractivity contribution in [3.05, 3.63) is 24.3 Å². The maximum atomic E-state index is 12.4. The van der Waals surface area contributed by atoms with E-state index >= 15 is 0 Å². The molecule has 4 aliphatic carbocycles. The van der Waals surface area contributed by atoms with Crippen LogP contribution in [0.1, 0.15) is 64.2 Å². The molecule has 4 bridgehead atoms. The largest absolute Gasteiger partial charge is 0.374 e. The van der Waals surface area contributed by atoms with Crippen LogP contribution >= 0.6 is 0 Å². The van der Waals surface area contributed by atoms with Gasteiger partial charge in [0.05, 0.1) is 0 Å². The minimum Gasteiger partial charge on any atom is -0.374 e. The number of carbonyl (C=O) groups excluding carboxylic acids is 3. The summed E-state index contributed by atoms with van der Waals surface area (Å²) < 4.78 is 0. The fourth-order valence-electron chi connectivity index (χ4n) is 6.84. The fourth-order valence-corrected chi connectivity index (χ4v) is 6.84. The van der Waals surface area contributed by atoms with Gasteiger partial charge in [0, 0.05) is 29.8 Å². The first kappa shape index (κ1) is 21.4. The highest BCUT2D eigenvalue weighted by Crippen LogP contribution is 2.55. The maximum Gasteiger partial charge on any atom is 0.249 e. The molecule has 1 atom stereocenters. The summed E-state index contributed by atoms with van der Waals surface area (Å²) in [6, 6.07) is 6.94. The quantitative estimate of drug-likeness (QED) is 0.369. The molecule has 0 radical (unpaired) electrons. The van der Waals surface area contributed by atoms with E-state index < -0.39 is 6.04 Å². The SMILES string of the molecule is O=C1CCC(Nc2ccc(NC(=O)CCCNC34CC5CC(CC(C5)C3)C4)cc2)C(=O)N1. The third kappa shape index (κ3) is 4.82. The second-order valence-electron chi connectivity index (χ2n) is 10.5. The van der Waals surface area contributed by atoms with Gasteiger partial charge in [-0.1, -0.05) is 0 Å². The summed E-state index contributed by atoms with van der Waals surface area (Å²) in [5.74, 6) is 2.32. The van der Waals surface area contributed by atoms with Gasteiger partial charge in [0.25, 0.3) is 0 Å². The van der Waals surface area contributed by atoms with E-state index in [9.17, 15) is 14.4 Å². The van der Waals surface area contributed by atoms with E-state index in [1.807, 2.05) is 24.3 Å². The standard InChI is InChI=1S/C25H34N4O3/c30-22(2-1-9-26-25-13-16-10-17(14-25)12-18(11-16)15-25)28-20-5-3-19(4-6-20)27-21-7-8-23(31)29-24(21)32/h3-6,16-18,21,26-27H,1-2,7-15H2,(H,28,30)(H,29,31,32). The highest BCUT2D eigenvalue weighted by molar-refractivity contribution is 6.01. The number of imide groups is 1. The van der Waals surface area contributed by atoms with Gasteiger partial charge in [-0.2, -0.15) is 0 Å². The zero-order chi connectivity index (χ0) is 22.1. The Morgan fingerprint density at radius 2 is 1.59 bits per heavy atom. The third-order valence-corrected chi connectivity index (χ3v) is 7.87. The molecule has 0 spiro atoms. The minimum absolute atomic E-state index is 0.0307. The number of hydrogen-bond acceptors (Lipinski definition) is 5. The van der Waals surface area contributed by atoms with Crippen molar-refractivity contribution in [1.29, 1.82) is 0 Å². The first-order valence-corrected chi connectivity index (χ1v) is 12.2. The summed E-state index contributed by atoms with van der Waals surface area (Å²) in [4.78, 5) is 35.5. The van der Waals surface area contributed by atoms with E-state index in [0.29, 0.717) is 24.8 Å². The van der Waals surface area contributed by atoms with Crippen molar-refractivity contribution in [1.82, 2.24) is 10.6 Å². The lowest BCUT2D eigenvalue weighted by Gasteiger charge is -2.57. The fraction of sp³-hybridized carbons (Fsp3) is 0.640. The predicted molar refractivity (Wildman–Crippen MR) is 123 cm³/mol. The zero-order valence-electron chi connectivity index (χ0n) is 18.6. The summed E-state index contributed by atoms with van der Waals surface area (Å²) in [5, 5.41) is 12.3. The zero-order valence-corrected chi connectivity index (χ0v) is 18.6. The van der Waals surface area contributed by atoms with Crippen LogP contribution in [0.3, 0.4) is 0 Å². The Hall–Kier alpha value is -2.41. The molecule has 1 saturated heterocycles. The number of carbonyl (C=O) groups is 3. The summed E-state index contributed by atoms with van der Waals surface area (Å²) in [6.07, 6.45) is 10.6. The van der Waals surface area contributed by atoms with Crippen molar-refractivity contribution in [2.45, 2.75) is 75.8 Å². The number of anilines is 2. The second-order valence-corrected chi connectivity index (χ2v) is 10.5. The van der Waals surface area contributed by atoms with Crippen molar-refractivity contribution in [3.8, 4) is 0 Å². The van der Waals surface area contributed by atoms with E-state index in [1.54, 1.807) is 0 Å². The van der Waals surface area contributed by atoms with Crippen LogP contribution in [0, 0.1) is 17.8 Å². The highest BCUT2D eigenvalue weighted by atomic mass is 16.2. The monoisotopic (exact) mass is 438 g/mol. The van der Waals surface area contributed by atoms with Crippen molar-refractivity contribution in [3.63, 3.8) is 0 Å². The Kier molecular flexibility index (Phi) is 5.93. The van der Waals surface area contributed by atoms with Gasteiger partial charge in [0.15, 0.2) is 0 Å². The van der Waals surface area contributed by atoms with Crippen molar-refractivity contribution in [2.75, 3.05) is 17.2 Å². The van der Waals surface area contributed by atoms with Gasteiger partial charge in [-0.15, -0.1) is 0 Å². The van der Waals surface area contributed by atoms with E-state index in [4.69, 9.17) is 0 Å². The summed E-state index contributed by atoms with van der Waals surface area (Å²) >= 11 is 0. The molecule has 4 saturated carbocycles. The van der Waals surface area contributed by atoms with Gasteiger partial charge in [-0.3, -0.25) is 19.7 Å². The van der Waals surface area contributed by atoms with Crippen LogP contribution in [0.15, 0.2) is 24.3 Å². The smallest absolute Gasteiger partial charge is 0.249 e. The molecule has 4 N–H and O–H groups in total. The number of hydrogen-bond donors (Lipinski definition) is 4. The molecule has 7 nitrogen and oxygen atoms in total. The Morgan fingerprint density at radius 3 is 2.22 bits per heavy atom. The van der Waals surface area contributed by atoms with Crippen molar-refractivity contribution < 1.29 is 14.4 Å². The van der Waals surface area contributed by atoms with Crippen LogP contribution in [0.4, 0.5) is 11.4 Å². The first-order chi connectivity index (χ1) is 15.5. The van der Waals surface area contributed by atoms with E-state index in [-0.39, 0.29) is 17.7 Å². The van der Waals surface area contributed by atoms with Gasteiger partial charge >= 0.3 is 0 Å². The first-order valence-electron chi connectivity index (χ1n) is 12.2. The molecule has 1 aromatic rings. The van der Waals surface area contributed by atoms with E-state index in [2.05, 4.69) is 21.3 Å². The number of piperidine rings is 1. The second kappa shape index (κ2) is 8.85. The van der Waals surface area contributed by atoms with Crippen LogP contribution < -0.4 is 21.3 Å². The third-order valence-electron chi connectivity index (χ3n) is 7.87. The predicted octanol–water partition coefficient (Wildman–Crippen LogP) is 3.18. The molecular formula is C25H34N4O3. The molecular weight excluding hydrogens is 404 g/mol. The average molecular weight is 439 g/mol. The molecule has 1 unspecified atom stereocenters. The molecule has 7 heteroatoms. The Balaban J connectivity index is 1.03. The molecule has 6 rings (SSSR count). The van der Waals surface area contributed by atoms with Gasteiger partial charge in [-0.25, -0.2) is 0 Å². The molecule has 1 aromatic carbocycles. The van der Waals surface area contributed by atoms with Crippen LogP contribution in [0.25, 0.3) is 0 Å². The average Bonchev–Trinajstić information content (AvgIpc) is 2.74. The summed E-state index contributed by atoms with van der Waals surface area (Å²) in [6.45, 7) is 0.911. The Bertz CT molecular complexity index is 846. The molecule has 3 amide bonds. The summed E-state index contributed by atoms with van der Waals surface area (Å²) in [7, 11) is 0. The molecule has 1 heterocycles. The molecule has 5 aliphatic rings. The topological polar surface area (TPSA) is 99.3 Å². The van der Waals surface area contributed by atoms with Gasteiger partial charge in [0.1, 0.15) is 6.04 Å². The molecule has 0 aromatic heterocycles. The van der Waals surface area contributed by atoms with Crippen LogP contribution in [0.5, 0.6) is 0 Å². The van der Waals surface area contributed by atoms with Crippen LogP contribution in [-0.2, 0) is 14.4 Å². The van der Waals surface area contributed by atoms with Gasteiger partial charge < -0.3 is 16.0 Å². The number of rotatable bonds is 8. The van der Waals surface area contributed by atoms with Gasteiger partial charge in [-0.05, 0) is 99.9 Å². The molecule has 1 aliphatic heterocycles. The number of benzene rings is 1. The van der Waals surface area contributed by atoms with E-state index in [0.717, 1.165) is 42.1 Å². The van der Waals surface area contributed by atoms with Crippen LogP contribution in [0.2, 0.25) is 0 Å². The maximum absolute atomic E-state index is 12.4. The lowest BCUT2D eigenvalue weighted by atomic mass is 9.53. The Labute approximate surface area is 189 Å². The molecule has 32 heavy (non-hydrogen) atoms. The van der Waals surface area contributed by atoms with E-state index in [1.165, 1.54) is 38.5 Å². The normalized spacial score (nSPS) is 33.1. The highest BCUT2D eigenvalue weighted by Gasteiger charge is 2.50. The summed E-state index contributed by atoms with van der Waals surface area (Å²) in [5.41, 5.74) is 1.89. The van der Waals surface area contributed by atoms with Crippen LogP contribution in [-0.4, -0.2) is 35.8 Å². The molecule has 5 fully saturated rings. The minimum atomic E-state index is -0.408. The lowest BCUT2D eigenvalue weighted by Crippen LogP contribution is -2.58. The van der Waals surface area contributed by atoms with Gasteiger partial charge in [0.2, 0.25) is 17.7 Å². The van der Waals surface area contributed by atoms with Crippen molar-refractivity contribution in [2.24, 2.45) is 17.8 Å². The Morgan fingerprint density at radius 1 is 0.969 bits per heavy atom. The molecule has 172 valence electrons. The number of nitrogens with one attached hydrogen (secondary N) is 4. The lowest BCUT2D eigenvalue weighted by molar-refractivity contribution is -0.133. The van der Waals surface area contributed by atoms with Crippen molar-refractivity contribution >= 4 is 29.1 Å². The number of amides is 3.